The van der Waals surface area contributed by atoms with E-state index in [0.717, 1.165) is 12.2 Å². The van der Waals surface area contributed by atoms with Crippen molar-refractivity contribution in [1.82, 2.24) is 0 Å². The van der Waals surface area contributed by atoms with Crippen LogP contribution in [0.1, 0.15) is 0 Å². The third kappa shape index (κ3) is 7.26. The zero-order valence-electron chi connectivity index (χ0n) is 8.02. The summed E-state index contributed by atoms with van der Waals surface area (Å²) in [6, 6.07) is 0. The Morgan fingerprint density at radius 2 is 1.29 bits per heavy atom. The molecule has 0 saturated heterocycles. The Bertz CT molecular complexity index is 188. The van der Waals surface area contributed by atoms with Crippen LogP contribution in [0.3, 0.4) is 0 Å². The molecule has 0 N–H and O–H groups in total. The zero-order valence-corrected chi connectivity index (χ0v) is 8.02. The fraction of sp³-hybridized carbons (Fsp3) is 0.500. The Balaban J connectivity index is 3.68. The summed E-state index contributed by atoms with van der Waals surface area (Å²) in [5, 5.41) is 0. The van der Waals surface area contributed by atoms with Gasteiger partial charge in [-0.2, -0.15) is 0 Å². The highest BCUT2D eigenvalue weighted by molar-refractivity contribution is 5.91. The number of hydrogen-bond donors (Lipinski definition) is 0. The zero-order chi connectivity index (χ0) is 10.8. The van der Waals surface area contributed by atoms with Crippen molar-refractivity contribution in [2.24, 2.45) is 0 Å². The van der Waals surface area contributed by atoms with Gasteiger partial charge in [-0.3, -0.25) is 0 Å². The summed E-state index contributed by atoms with van der Waals surface area (Å²) < 4.78 is 17.9. The van der Waals surface area contributed by atoms with Gasteiger partial charge in [0.05, 0.1) is 0 Å². The molecular formula is C8H12O6. The molecule has 6 heteroatoms. The smallest absolute Gasteiger partial charge is 0.333 e. The van der Waals surface area contributed by atoms with Crippen LogP contribution in [0.2, 0.25) is 0 Å². The molecule has 0 atom stereocenters. The maximum absolute atomic E-state index is 10.8. The second kappa shape index (κ2) is 8.21. The molecule has 0 aromatic heterocycles. The van der Waals surface area contributed by atoms with Crippen molar-refractivity contribution < 1.29 is 28.5 Å². The lowest BCUT2D eigenvalue weighted by atomic mass is 10.5. The van der Waals surface area contributed by atoms with Gasteiger partial charge in [-0.1, -0.05) is 0 Å². The van der Waals surface area contributed by atoms with Crippen molar-refractivity contribution in [3.63, 3.8) is 0 Å². The van der Waals surface area contributed by atoms with Gasteiger partial charge < -0.3 is 18.9 Å². The number of carbonyl (C=O) groups excluding carboxylic acids is 2. The van der Waals surface area contributed by atoms with Crippen molar-refractivity contribution >= 4 is 11.9 Å². The summed E-state index contributed by atoms with van der Waals surface area (Å²) in [7, 11) is 2.76. The Kier molecular flexibility index (Phi) is 7.39. The van der Waals surface area contributed by atoms with Crippen LogP contribution in [-0.4, -0.2) is 39.7 Å². The minimum Gasteiger partial charge on any atom is -0.435 e. The molecule has 80 valence electrons. The molecular weight excluding hydrogens is 192 g/mol. The second-order valence-corrected chi connectivity index (χ2v) is 2.07. The van der Waals surface area contributed by atoms with Gasteiger partial charge in [0.15, 0.2) is 13.6 Å². The number of hydrogen-bond acceptors (Lipinski definition) is 6. The molecule has 0 amide bonds. The van der Waals surface area contributed by atoms with Crippen LogP contribution in [0.25, 0.3) is 0 Å². The average molecular weight is 204 g/mol. The summed E-state index contributed by atoms with van der Waals surface area (Å²) >= 11 is 0. The fourth-order valence-corrected chi connectivity index (χ4v) is 0.466. The first-order chi connectivity index (χ1) is 6.70. The van der Waals surface area contributed by atoms with E-state index in [0.29, 0.717) is 0 Å². The molecule has 0 heterocycles. The third-order valence-electron chi connectivity index (χ3n) is 0.994. The van der Waals surface area contributed by atoms with E-state index in [-0.39, 0.29) is 13.6 Å². The van der Waals surface area contributed by atoms with E-state index in [9.17, 15) is 9.59 Å². The highest BCUT2D eigenvalue weighted by Gasteiger charge is 1.99. The number of ether oxygens (including phenoxy) is 4. The molecule has 6 nitrogen and oxygen atoms in total. The van der Waals surface area contributed by atoms with E-state index in [4.69, 9.17) is 0 Å². The highest BCUT2D eigenvalue weighted by atomic mass is 16.7. The SMILES string of the molecule is COCOC(=O)/C=C\C(=O)OCOC. The van der Waals surface area contributed by atoms with Crippen LogP contribution in [0.4, 0.5) is 0 Å². The van der Waals surface area contributed by atoms with E-state index in [2.05, 4.69) is 18.9 Å². The Hall–Kier alpha value is -1.40. The standard InChI is InChI=1S/C8H12O6/c1-11-5-13-7(9)3-4-8(10)14-6-12-2/h3-4H,5-6H2,1-2H3/b4-3-. The Labute approximate surface area is 81.4 Å². The minimum atomic E-state index is -0.679. The summed E-state index contributed by atoms with van der Waals surface area (Å²) in [6.45, 7) is -0.313. The van der Waals surface area contributed by atoms with Crippen LogP contribution in [-0.2, 0) is 28.5 Å². The molecule has 0 aromatic rings. The monoisotopic (exact) mass is 204 g/mol. The van der Waals surface area contributed by atoms with E-state index in [1.54, 1.807) is 0 Å². The van der Waals surface area contributed by atoms with Gasteiger partial charge in [0, 0.05) is 26.4 Å². The van der Waals surface area contributed by atoms with Gasteiger partial charge in [-0.15, -0.1) is 0 Å². The average Bonchev–Trinajstić information content (AvgIpc) is 2.20. The van der Waals surface area contributed by atoms with Gasteiger partial charge in [-0.05, 0) is 0 Å². The summed E-state index contributed by atoms with van der Waals surface area (Å²) in [5.74, 6) is -1.36. The summed E-state index contributed by atoms with van der Waals surface area (Å²) in [6.07, 6.45) is 1.88. The molecule has 14 heavy (non-hydrogen) atoms. The molecule has 0 unspecified atom stereocenters. The van der Waals surface area contributed by atoms with Crippen molar-refractivity contribution in [3.05, 3.63) is 12.2 Å². The molecule has 0 rings (SSSR count). The van der Waals surface area contributed by atoms with Gasteiger partial charge in [0.25, 0.3) is 0 Å². The number of methoxy groups -OCH3 is 2. The van der Waals surface area contributed by atoms with Gasteiger partial charge in [-0.25, -0.2) is 9.59 Å². The molecule has 0 radical (unpaired) electrons. The van der Waals surface area contributed by atoms with Crippen molar-refractivity contribution in [3.8, 4) is 0 Å². The van der Waals surface area contributed by atoms with Crippen molar-refractivity contribution in [1.29, 1.82) is 0 Å². The van der Waals surface area contributed by atoms with Gasteiger partial charge in [0.1, 0.15) is 0 Å². The van der Waals surface area contributed by atoms with E-state index >= 15 is 0 Å². The van der Waals surface area contributed by atoms with E-state index in [1.165, 1.54) is 14.2 Å². The Morgan fingerprint density at radius 3 is 1.57 bits per heavy atom. The fourth-order valence-electron chi connectivity index (χ4n) is 0.466. The number of esters is 2. The molecule has 0 spiro atoms. The van der Waals surface area contributed by atoms with Crippen LogP contribution in [0.15, 0.2) is 12.2 Å². The largest absolute Gasteiger partial charge is 0.435 e. The normalized spacial score (nSPS) is 10.1. The second-order valence-electron chi connectivity index (χ2n) is 2.07. The van der Waals surface area contributed by atoms with Gasteiger partial charge >= 0.3 is 11.9 Å². The van der Waals surface area contributed by atoms with Crippen LogP contribution in [0, 0.1) is 0 Å². The molecule has 0 aliphatic heterocycles. The lowest BCUT2D eigenvalue weighted by Gasteiger charge is -1.99. The topological polar surface area (TPSA) is 71.1 Å². The summed E-state index contributed by atoms with van der Waals surface area (Å²) in [5.41, 5.74) is 0. The van der Waals surface area contributed by atoms with Crippen LogP contribution < -0.4 is 0 Å². The quantitative estimate of drug-likeness (QED) is 0.340. The lowest BCUT2D eigenvalue weighted by Crippen LogP contribution is -2.07. The number of rotatable bonds is 6. The molecule has 0 saturated carbocycles. The molecule has 0 aliphatic carbocycles. The lowest BCUT2D eigenvalue weighted by molar-refractivity contribution is -0.150. The first-order valence-corrected chi connectivity index (χ1v) is 3.70. The van der Waals surface area contributed by atoms with Crippen molar-refractivity contribution in [2.75, 3.05) is 27.8 Å². The minimum absolute atomic E-state index is 0.156. The van der Waals surface area contributed by atoms with Crippen LogP contribution in [0.5, 0.6) is 0 Å². The first-order valence-electron chi connectivity index (χ1n) is 3.70. The third-order valence-corrected chi connectivity index (χ3v) is 0.994. The predicted octanol–water partition coefficient (Wildman–Crippen LogP) is -0.163. The molecule has 0 aliphatic rings. The molecule has 0 fully saturated rings. The molecule has 0 aromatic carbocycles. The van der Waals surface area contributed by atoms with Crippen LogP contribution >= 0.6 is 0 Å². The number of carbonyl (C=O) groups is 2. The summed E-state index contributed by atoms with van der Waals surface area (Å²) in [4.78, 5) is 21.5. The van der Waals surface area contributed by atoms with E-state index in [1.807, 2.05) is 0 Å². The maximum Gasteiger partial charge on any atom is 0.333 e. The predicted molar refractivity (Wildman–Crippen MR) is 45.1 cm³/mol. The van der Waals surface area contributed by atoms with E-state index < -0.39 is 11.9 Å². The Morgan fingerprint density at radius 1 is 0.929 bits per heavy atom. The van der Waals surface area contributed by atoms with Crippen molar-refractivity contribution in [2.45, 2.75) is 0 Å². The van der Waals surface area contributed by atoms with Gasteiger partial charge in [0.2, 0.25) is 0 Å². The molecule has 0 bridgehead atoms. The maximum atomic E-state index is 10.8. The highest BCUT2D eigenvalue weighted by Crippen LogP contribution is 1.85. The first kappa shape index (κ1) is 12.6.